The van der Waals surface area contributed by atoms with E-state index in [0.29, 0.717) is 11.3 Å². The number of nitrogens with two attached hydrogens (primary N) is 2. The molecule has 1 aromatic carbocycles. The Morgan fingerprint density at radius 2 is 1.71 bits per heavy atom. The molecule has 1 aliphatic rings. The van der Waals surface area contributed by atoms with Crippen molar-refractivity contribution < 1.29 is 4.74 Å². The number of rotatable bonds is 2. The number of anilines is 3. The summed E-state index contributed by atoms with van der Waals surface area (Å²) in [4.78, 5) is 14.9. The summed E-state index contributed by atoms with van der Waals surface area (Å²) in [5.74, 6) is 0.522. The lowest BCUT2D eigenvalue weighted by atomic mass is 10.0. The number of fused-ring (bicyclic) bond motifs is 1. The third-order valence-electron chi connectivity index (χ3n) is 4.21. The average Bonchev–Trinajstić information content (AvgIpc) is 2.62. The van der Waals surface area contributed by atoms with E-state index in [1.54, 1.807) is 12.4 Å². The van der Waals surface area contributed by atoms with Crippen molar-refractivity contribution in [2.45, 2.75) is 0 Å². The van der Waals surface area contributed by atoms with Gasteiger partial charge in [0.1, 0.15) is 5.82 Å². The Balaban J connectivity index is 1.75. The van der Waals surface area contributed by atoms with Gasteiger partial charge in [0.15, 0.2) is 0 Å². The van der Waals surface area contributed by atoms with Crippen LogP contribution in [0, 0.1) is 0 Å². The van der Waals surface area contributed by atoms with Gasteiger partial charge in [-0.15, -0.1) is 0 Å². The molecule has 1 saturated heterocycles. The van der Waals surface area contributed by atoms with E-state index in [1.807, 2.05) is 0 Å². The van der Waals surface area contributed by atoms with Gasteiger partial charge in [-0.3, -0.25) is 4.98 Å². The molecule has 3 heterocycles. The molecule has 0 saturated carbocycles. The van der Waals surface area contributed by atoms with Gasteiger partial charge >= 0.3 is 0 Å². The number of ether oxygens (including phenoxy) is 1. The second-order valence-electron chi connectivity index (χ2n) is 5.69. The average molecular weight is 322 g/mol. The fourth-order valence-corrected chi connectivity index (χ4v) is 3.02. The number of morpholine rings is 1. The Labute approximate surface area is 139 Å². The highest BCUT2D eigenvalue weighted by atomic mass is 16.5. The first kappa shape index (κ1) is 14.6. The monoisotopic (exact) mass is 322 g/mol. The zero-order valence-electron chi connectivity index (χ0n) is 13.1. The molecule has 0 radical (unpaired) electrons. The first-order valence-electron chi connectivity index (χ1n) is 7.82. The van der Waals surface area contributed by atoms with Gasteiger partial charge in [-0.1, -0.05) is 12.1 Å². The Morgan fingerprint density at radius 3 is 2.46 bits per heavy atom. The summed E-state index contributed by atoms with van der Waals surface area (Å²) in [7, 11) is 0. The summed E-state index contributed by atoms with van der Waals surface area (Å²) in [6.07, 6.45) is 3.43. The summed E-state index contributed by atoms with van der Waals surface area (Å²) < 4.78 is 5.40. The quantitative estimate of drug-likeness (QED) is 0.740. The largest absolute Gasteiger partial charge is 0.383 e. The van der Waals surface area contributed by atoms with Gasteiger partial charge in [-0.05, 0) is 17.7 Å². The number of aromatic nitrogens is 3. The van der Waals surface area contributed by atoms with Crippen LogP contribution in [0.5, 0.6) is 0 Å². The molecular formula is C17H18N6O. The van der Waals surface area contributed by atoms with Crippen molar-refractivity contribution in [3.8, 4) is 11.1 Å². The molecule has 0 amide bonds. The van der Waals surface area contributed by atoms with Crippen LogP contribution in [0.2, 0.25) is 0 Å². The van der Waals surface area contributed by atoms with Gasteiger partial charge in [0.05, 0.1) is 30.3 Å². The van der Waals surface area contributed by atoms with Crippen LogP contribution in [-0.2, 0) is 4.74 Å². The molecule has 122 valence electrons. The van der Waals surface area contributed by atoms with Crippen LogP contribution in [-0.4, -0.2) is 41.3 Å². The maximum Gasteiger partial charge on any atom is 0.222 e. The standard InChI is InChI=1S/C17H18N6O/c18-16-15-13(9-20-10-14(15)21-17(19)22-16)11-1-3-12(4-2-11)23-5-7-24-8-6-23/h1-4,9-10H,5-8H2,(H4,18,19,21,22). The molecule has 1 fully saturated rings. The van der Waals surface area contributed by atoms with E-state index in [9.17, 15) is 0 Å². The molecule has 4 N–H and O–H groups in total. The van der Waals surface area contributed by atoms with Crippen LogP contribution in [0.3, 0.4) is 0 Å². The van der Waals surface area contributed by atoms with Gasteiger partial charge < -0.3 is 21.1 Å². The second kappa shape index (κ2) is 5.93. The predicted octanol–water partition coefficient (Wildman–Crippen LogP) is 1.69. The summed E-state index contributed by atoms with van der Waals surface area (Å²) in [6.45, 7) is 3.36. The van der Waals surface area contributed by atoms with Gasteiger partial charge in [-0.2, -0.15) is 4.98 Å². The van der Waals surface area contributed by atoms with E-state index in [4.69, 9.17) is 16.2 Å². The minimum Gasteiger partial charge on any atom is -0.383 e. The maximum atomic E-state index is 6.06. The van der Waals surface area contributed by atoms with Gasteiger partial charge in [0, 0.05) is 30.5 Å². The zero-order valence-corrected chi connectivity index (χ0v) is 13.1. The van der Waals surface area contributed by atoms with E-state index in [2.05, 4.69) is 44.1 Å². The van der Waals surface area contributed by atoms with Gasteiger partial charge in [0.25, 0.3) is 0 Å². The highest BCUT2D eigenvalue weighted by molar-refractivity contribution is 6.00. The van der Waals surface area contributed by atoms with E-state index < -0.39 is 0 Å². The minimum absolute atomic E-state index is 0.154. The lowest BCUT2D eigenvalue weighted by Gasteiger charge is -2.29. The Bertz CT molecular complexity index is 874. The summed E-state index contributed by atoms with van der Waals surface area (Å²) in [6, 6.07) is 8.34. The molecule has 1 aliphatic heterocycles. The highest BCUT2D eigenvalue weighted by Crippen LogP contribution is 2.31. The molecule has 0 atom stereocenters. The Kier molecular flexibility index (Phi) is 3.62. The molecule has 0 bridgehead atoms. The van der Waals surface area contributed by atoms with Crippen molar-refractivity contribution in [2.75, 3.05) is 42.7 Å². The lowest BCUT2D eigenvalue weighted by Crippen LogP contribution is -2.36. The summed E-state index contributed by atoms with van der Waals surface area (Å²) in [5.41, 5.74) is 15.5. The van der Waals surface area contributed by atoms with E-state index >= 15 is 0 Å². The number of hydrogen-bond donors (Lipinski definition) is 2. The lowest BCUT2D eigenvalue weighted by molar-refractivity contribution is 0.122. The first-order valence-corrected chi connectivity index (χ1v) is 7.82. The third kappa shape index (κ3) is 2.59. The van der Waals surface area contributed by atoms with Crippen LogP contribution >= 0.6 is 0 Å². The van der Waals surface area contributed by atoms with Gasteiger partial charge in [-0.25, -0.2) is 4.98 Å². The van der Waals surface area contributed by atoms with E-state index in [-0.39, 0.29) is 5.95 Å². The molecule has 7 heteroatoms. The molecule has 0 aliphatic carbocycles. The van der Waals surface area contributed by atoms with Crippen molar-refractivity contribution in [3.63, 3.8) is 0 Å². The number of nitrogens with zero attached hydrogens (tertiary/aromatic N) is 4. The molecule has 7 nitrogen and oxygen atoms in total. The van der Waals surface area contributed by atoms with Crippen molar-refractivity contribution in [1.82, 2.24) is 15.0 Å². The molecule has 4 rings (SSSR count). The van der Waals surface area contributed by atoms with E-state index in [1.165, 1.54) is 5.69 Å². The van der Waals surface area contributed by atoms with Crippen LogP contribution in [0.25, 0.3) is 22.0 Å². The molecule has 0 spiro atoms. The zero-order chi connectivity index (χ0) is 16.5. The topological polar surface area (TPSA) is 103 Å². The fourth-order valence-electron chi connectivity index (χ4n) is 3.02. The van der Waals surface area contributed by atoms with E-state index in [0.717, 1.165) is 42.8 Å². The first-order chi connectivity index (χ1) is 11.7. The minimum atomic E-state index is 0.154. The summed E-state index contributed by atoms with van der Waals surface area (Å²) in [5, 5.41) is 0.776. The Morgan fingerprint density at radius 1 is 0.958 bits per heavy atom. The van der Waals surface area contributed by atoms with Crippen molar-refractivity contribution >= 4 is 28.4 Å². The number of benzene rings is 1. The number of pyridine rings is 1. The fraction of sp³-hybridized carbons (Fsp3) is 0.235. The van der Waals surface area contributed by atoms with Gasteiger partial charge in [0.2, 0.25) is 5.95 Å². The van der Waals surface area contributed by atoms with Crippen molar-refractivity contribution in [1.29, 1.82) is 0 Å². The van der Waals surface area contributed by atoms with Crippen LogP contribution in [0.15, 0.2) is 36.7 Å². The maximum absolute atomic E-state index is 6.06. The van der Waals surface area contributed by atoms with Crippen LogP contribution in [0.4, 0.5) is 17.5 Å². The predicted molar refractivity (Wildman–Crippen MR) is 94.6 cm³/mol. The van der Waals surface area contributed by atoms with Crippen molar-refractivity contribution in [2.24, 2.45) is 0 Å². The highest BCUT2D eigenvalue weighted by Gasteiger charge is 2.13. The molecular weight excluding hydrogens is 304 g/mol. The number of hydrogen-bond acceptors (Lipinski definition) is 7. The van der Waals surface area contributed by atoms with Crippen LogP contribution < -0.4 is 16.4 Å². The molecule has 24 heavy (non-hydrogen) atoms. The summed E-state index contributed by atoms with van der Waals surface area (Å²) >= 11 is 0. The second-order valence-corrected chi connectivity index (χ2v) is 5.69. The molecule has 0 unspecified atom stereocenters. The van der Waals surface area contributed by atoms with Crippen molar-refractivity contribution in [3.05, 3.63) is 36.7 Å². The number of nitrogen functional groups attached to an aromatic ring is 2. The van der Waals surface area contributed by atoms with Crippen LogP contribution in [0.1, 0.15) is 0 Å². The Hall–Kier alpha value is -2.93. The molecule has 2 aromatic heterocycles. The molecule has 3 aromatic rings. The third-order valence-corrected chi connectivity index (χ3v) is 4.21. The smallest absolute Gasteiger partial charge is 0.222 e. The SMILES string of the molecule is Nc1nc(N)c2c(-c3ccc(N4CCOCC4)cc3)cncc2n1. The normalized spacial score (nSPS) is 14.9.